The predicted molar refractivity (Wildman–Crippen MR) is 123 cm³/mol. The Hall–Kier alpha value is -3.11. The van der Waals surface area contributed by atoms with E-state index in [-0.39, 0.29) is 11.5 Å². The van der Waals surface area contributed by atoms with E-state index in [4.69, 9.17) is 4.74 Å². The lowest BCUT2D eigenvalue weighted by Crippen LogP contribution is -2.37. The SMILES string of the molecule is Cc1nc(-c2c(C)c(C)nn(C)c2=O)sc1C(=O)NCc1cccnc1N1CCOCC1. The van der Waals surface area contributed by atoms with Gasteiger partial charge >= 0.3 is 0 Å². The van der Waals surface area contributed by atoms with E-state index in [1.165, 1.54) is 16.0 Å². The second-order valence-electron chi connectivity index (χ2n) is 7.72. The van der Waals surface area contributed by atoms with Gasteiger partial charge in [-0.1, -0.05) is 6.07 Å². The fourth-order valence-corrected chi connectivity index (χ4v) is 4.77. The molecule has 1 saturated heterocycles. The van der Waals surface area contributed by atoms with Crippen LogP contribution >= 0.6 is 11.3 Å². The summed E-state index contributed by atoms with van der Waals surface area (Å²) in [5.41, 5.74) is 3.35. The van der Waals surface area contributed by atoms with Crippen molar-refractivity contribution >= 4 is 23.1 Å². The highest BCUT2D eigenvalue weighted by atomic mass is 32.1. The van der Waals surface area contributed by atoms with Gasteiger partial charge in [-0.25, -0.2) is 14.6 Å². The molecule has 1 fully saturated rings. The van der Waals surface area contributed by atoms with Crippen molar-refractivity contribution < 1.29 is 9.53 Å². The number of anilines is 1. The summed E-state index contributed by atoms with van der Waals surface area (Å²) in [4.78, 5) is 37.4. The molecule has 1 amide bonds. The van der Waals surface area contributed by atoms with Crippen LogP contribution in [0.2, 0.25) is 0 Å². The van der Waals surface area contributed by atoms with Crippen LogP contribution in [0.3, 0.4) is 0 Å². The number of thiazole rings is 1. The molecule has 4 heterocycles. The number of morpholine rings is 1. The number of rotatable bonds is 5. The fourth-order valence-electron chi connectivity index (χ4n) is 3.70. The molecule has 0 bridgehead atoms. The molecule has 10 heteroatoms. The molecule has 9 nitrogen and oxygen atoms in total. The van der Waals surface area contributed by atoms with E-state index in [0.29, 0.717) is 40.9 Å². The Morgan fingerprint density at radius 1 is 1.22 bits per heavy atom. The average molecular weight is 455 g/mol. The number of carbonyl (C=O) groups excluding carboxylic acids is 1. The van der Waals surface area contributed by atoms with Gasteiger partial charge in [-0.2, -0.15) is 5.10 Å². The zero-order valence-electron chi connectivity index (χ0n) is 18.6. The van der Waals surface area contributed by atoms with Gasteiger partial charge in [0.1, 0.15) is 15.7 Å². The van der Waals surface area contributed by atoms with Gasteiger partial charge in [0.25, 0.3) is 11.5 Å². The highest BCUT2D eigenvalue weighted by molar-refractivity contribution is 7.17. The minimum Gasteiger partial charge on any atom is -0.378 e. The number of nitrogens with one attached hydrogen (secondary N) is 1. The maximum atomic E-state index is 13.0. The second-order valence-corrected chi connectivity index (χ2v) is 8.72. The molecule has 32 heavy (non-hydrogen) atoms. The van der Waals surface area contributed by atoms with E-state index in [1.807, 2.05) is 26.0 Å². The van der Waals surface area contributed by atoms with Crippen molar-refractivity contribution in [1.82, 2.24) is 25.1 Å². The first kappa shape index (κ1) is 22.1. The first-order valence-electron chi connectivity index (χ1n) is 10.4. The van der Waals surface area contributed by atoms with Crippen molar-refractivity contribution in [2.24, 2.45) is 7.05 Å². The van der Waals surface area contributed by atoms with E-state index in [2.05, 4.69) is 25.3 Å². The lowest BCUT2D eigenvalue weighted by atomic mass is 10.1. The quantitative estimate of drug-likeness (QED) is 0.629. The fraction of sp³-hybridized carbons (Fsp3) is 0.409. The standard InChI is InChI=1S/C22H26N6O3S/c1-13-14(2)26-27(4)22(30)17(13)21-25-15(3)18(32-21)20(29)24-12-16-6-5-7-23-19(16)28-8-10-31-11-9-28/h5-7H,8-12H2,1-4H3,(H,24,29). The van der Waals surface area contributed by atoms with Crippen LogP contribution in [0.25, 0.3) is 10.6 Å². The molecule has 3 aromatic rings. The smallest absolute Gasteiger partial charge is 0.277 e. The van der Waals surface area contributed by atoms with Crippen LogP contribution in [0, 0.1) is 20.8 Å². The third-order valence-electron chi connectivity index (χ3n) is 5.56. The number of hydrogen-bond acceptors (Lipinski definition) is 8. The Kier molecular flexibility index (Phi) is 6.33. The minimum absolute atomic E-state index is 0.219. The van der Waals surface area contributed by atoms with E-state index < -0.39 is 0 Å². The summed E-state index contributed by atoms with van der Waals surface area (Å²) in [5.74, 6) is 0.646. The summed E-state index contributed by atoms with van der Waals surface area (Å²) in [6, 6.07) is 3.83. The molecular weight excluding hydrogens is 428 g/mol. The first-order chi connectivity index (χ1) is 15.4. The maximum Gasteiger partial charge on any atom is 0.277 e. The number of hydrogen-bond donors (Lipinski definition) is 1. The van der Waals surface area contributed by atoms with Crippen molar-refractivity contribution in [3.8, 4) is 10.6 Å². The van der Waals surface area contributed by atoms with E-state index in [9.17, 15) is 9.59 Å². The van der Waals surface area contributed by atoms with E-state index >= 15 is 0 Å². The van der Waals surface area contributed by atoms with Gasteiger partial charge in [-0.05, 0) is 32.4 Å². The summed E-state index contributed by atoms with van der Waals surface area (Å²) in [6.07, 6.45) is 1.76. The van der Waals surface area contributed by atoms with Crippen LogP contribution in [0.4, 0.5) is 5.82 Å². The molecular formula is C22H26N6O3S. The maximum absolute atomic E-state index is 13.0. The molecule has 0 unspecified atom stereocenters. The Balaban J connectivity index is 1.56. The number of ether oxygens (including phenoxy) is 1. The monoisotopic (exact) mass is 454 g/mol. The Morgan fingerprint density at radius 3 is 2.72 bits per heavy atom. The zero-order valence-corrected chi connectivity index (χ0v) is 19.5. The lowest BCUT2D eigenvalue weighted by Gasteiger charge is -2.29. The summed E-state index contributed by atoms with van der Waals surface area (Å²) in [5, 5.41) is 7.74. The van der Waals surface area contributed by atoms with Crippen LogP contribution in [-0.2, 0) is 18.3 Å². The van der Waals surface area contributed by atoms with Crippen molar-refractivity contribution in [3.05, 3.63) is 56.1 Å². The summed E-state index contributed by atoms with van der Waals surface area (Å²) >= 11 is 1.23. The van der Waals surface area contributed by atoms with Crippen LogP contribution in [0.5, 0.6) is 0 Å². The van der Waals surface area contributed by atoms with Gasteiger partial charge in [-0.15, -0.1) is 11.3 Å². The van der Waals surface area contributed by atoms with Gasteiger partial charge in [-0.3, -0.25) is 9.59 Å². The second kappa shape index (κ2) is 9.17. The normalized spacial score (nSPS) is 13.9. The summed E-state index contributed by atoms with van der Waals surface area (Å²) in [7, 11) is 1.62. The molecule has 4 rings (SSSR count). The Morgan fingerprint density at radius 2 is 1.97 bits per heavy atom. The number of nitrogens with zero attached hydrogens (tertiary/aromatic N) is 5. The average Bonchev–Trinajstić information content (AvgIpc) is 3.18. The van der Waals surface area contributed by atoms with Crippen LogP contribution in [0.15, 0.2) is 23.1 Å². The molecule has 0 spiro atoms. The minimum atomic E-state index is -0.223. The molecule has 0 radical (unpaired) electrons. The van der Waals surface area contributed by atoms with E-state index in [0.717, 1.165) is 35.7 Å². The molecule has 1 N–H and O–H groups in total. The molecule has 168 valence electrons. The highest BCUT2D eigenvalue weighted by Gasteiger charge is 2.22. The molecule has 0 saturated carbocycles. The number of carbonyl (C=O) groups is 1. The first-order valence-corrected chi connectivity index (χ1v) is 11.3. The largest absolute Gasteiger partial charge is 0.378 e. The van der Waals surface area contributed by atoms with Crippen molar-refractivity contribution in [2.75, 3.05) is 31.2 Å². The van der Waals surface area contributed by atoms with Crippen LogP contribution in [0.1, 0.15) is 32.2 Å². The Labute approximate surface area is 190 Å². The highest BCUT2D eigenvalue weighted by Crippen LogP contribution is 2.29. The molecule has 3 aromatic heterocycles. The number of pyridine rings is 1. The van der Waals surface area contributed by atoms with Crippen LogP contribution < -0.4 is 15.8 Å². The third-order valence-corrected chi connectivity index (χ3v) is 6.73. The number of aromatic nitrogens is 4. The lowest BCUT2D eigenvalue weighted by molar-refractivity contribution is 0.0954. The van der Waals surface area contributed by atoms with Crippen molar-refractivity contribution in [2.45, 2.75) is 27.3 Å². The topological polar surface area (TPSA) is 102 Å². The molecule has 0 aliphatic carbocycles. The molecule has 0 atom stereocenters. The number of aryl methyl sites for hydroxylation is 3. The Bertz CT molecular complexity index is 1210. The van der Waals surface area contributed by atoms with Gasteiger partial charge in [0.15, 0.2) is 0 Å². The van der Waals surface area contributed by atoms with E-state index in [1.54, 1.807) is 20.2 Å². The zero-order chi connectivity index (χ0) is 22.8. The van der Waals surface area contributed by atoms with Crippen molar-refractivity contribution in [1.29, 1.82) is 0 Å². The third kappa shape index (κ3) is 4.28. The predicted octanol–water partition coefficient (Wildman–Crippen LogP) is 1.99. The van der Waals surface area contributed by atoms with Gasteiger partial charge in [0.05, 0.1) is 30.2 Å². The van der Waals surface area contributed by atoms with Crippen LogP contribution in [-0.4, -0.2) is 52.0 Å². The van der Waals surface area contributed by atoms with Gasteiger partial charge < -0.3 is 15.0 Å². The van der Waals surface area contributed by atoms with Gasteiger partial charge in [0, 0.05) is 38.4 Å². The molecule has 0 aromatic carbocycles. The molecule has 1 aliphatic rings. The summed E-state index contributed by atoms with van der Waals surface area (Å²) in [6.45, 7) is 8.71. The summed E-state index contributed by atoms with van der Waals surface area (Å²) < 4.78 is 6.74. The van der Waals surface area contributed by atoms with Crippen molar-refractivity contribution in [3.63, 3.8) is 0 Å². The van der Waals surface area contributed by atoms with Gasteiger partial charge in [0.2, 0.25) is 0 Å². The molecule has 1 aliphatic heterocycles. The number of amides is 1.